The summed E-state index contributed by atoms with van der Waals surface area (Å²) >= 11 is 0. The second kappa shape index (κ2) is 5.58. The Morgan fingerprint density at radius 3 is 2.73 bits per heavy atom. The van der Waals surface area contributed by atoms with Crippen molar-refractivity contribution in [2.75, 3.05) is 13.7 Å². The first-order chi connectivity index (χ1) is 7.20. The van der Waals surface area contributed by atoms with Gasteiger partial charge in [-0.2, -0.15) is 0 Å². The molecule has 2 nitrogen and oxygen atoms in total. The van der Waals surface area contributed by atoms with Gasteiger partial charge in [-0.1, -0.05) is 12.2 Å². The zero-order valence-corrected chi connectivity index (χ0v) is 8.47. The Hall–Kier alpha value is -1.26. The number of benzene rings is 1. The molecule has 0 aromatic heterocycles. The van der Waals surface area contributed by atoms with Crippen molar-refractivity contribution in [3.05, 3.63) is 41.0 Å². The lowest BCUT2D eigenvalue weighted by atomic mass is 10.1. The molecule has 0 saturated carbocycles. The molecule has 0 atom stereocenters. The van der Waals surface area contributed by atoms with Crippen molar-refractivity contribution >= 4 is 6.08 Å². The second-order valence-electron chi connectivity index (χ2n) is 3.00. The van der Waals surface area contributed by atoms with E-state index in [1.54, 1.807) is 6.08 Å². The van der Waals surface area contributed by atoms with E-state index in [2.05, 4.69) is 0 Å². The number of ether oxygens (including phenoxy) is 1. The minimum absolute atomic E-state index is 0.0586. The summed E-state index contributed by atoms with van der Waals surface area (Å²) in [6, 6.07) is 2.59. The average Bonchev–Trinajstić information content (AvgIpc) is 2.23. The van der Waals surface area contributed by atoms with E-state index >= 15 is 0 Å². The van der Waals surface area contributed by atoms with E-state index in [-0.39, 0.29) is 12.2 Å². The Balaban J connectivity index is 3.10. The van der Waals surface area contributed by atoms with Gasteiger partial charge in [0.15, 0.2) is 0 Å². The maximum atomic E-state index is 13.6. The minimum Gasteiger partial charge on any atom is -0.380 e. The maximum Gasteiger partial charge on any atom is 0.138 e. The third-order valence-corrected chi connectivity index (χ3v) is 1.94. The first kappa shape index (κ1) is 11.8. The lowest BCUT2D eigenvalue weighted by molar-refractivity contribution is 0.177. The second-order valence-corrected chi connectivity index (χ2v) is 3.00. The van der Waals surface area contributed by atoms with Crippen molar-refractivity contribution in [2.45, 2.75) is 6.61 Å². The molecule has 0 saturated heterocycles. The molecule has 2 N–H and O–H groups in total. The zero-order valence-electron chi connectivity index (χ0n) is 8.47. The van der Waals surface area contributed by atoms with Crippen LogP contribution in [0, 0.1) is 11.6 Å². The van der Waals surface area contributed by atoms with Crippen LogP contribution in [0.2, 0.25) is 0 Å². The van der Waals surface area contributed by atoms with Gasteiger partial charge in [0.2, 0.25) is 0 Å². The van der Waals surface area contributed by atoms with Crippen molar-refractivity contribution in [3.8, 4) is 0 Å². The Kier molecular flexibility index (Phi) is 4.39. The molecule has 15 heavy (non-hydrogen) atoms. The lowest BCUT2D eigenvalue weighted by Gasteiger charge is -2.06. The van der Waals surface area contributed by atoms with Gasteiger partial charge < -0.3 is 10.5 Å². The summed E-state index contributed by atoms with van der Waals surface area (Å²) in [7, 11) is 1.39. The minimum atomic E-state index is -0.598. The molecule has 0 radical (unpaired) electrons. The van der Waals surface area contributed by atoms with Crippen molar-refractivity contribution in [1.29, 1.82) is 0 Å². The third-order valence-electron chi connectivity index (χ3n) is 1.94. The van der Waals surface area contributed by atoms with Crippen LogP contribution in [0.4, 0.5) is 8.78 Å². The maximum absolute atomic E-state index is 13.6. The average molecular weight is 213 g/mol. The Morgan fingerprint density at radius 2 is 2.13 bits per heavy atom. The molecule has 0 aliphatic heterocycles. The van der Waals surface area contributed by atoms with E-state index in [9.17, 15) is 8.78 Å². The summed E-state index contributed by atoms with van der Waals surface area (Å²) in [5.74, 6) is -1.19. The molecule has 82 valence electrons. The molecule has 0 spiro atoms. The van der Waals surface area contributed by atoms with Gasteiger partial charge in [-0.3, -0.25) is 0 Å². The molecule has 0 aliphatic carbocycles. The molecule has 0 heterocycles. The van der Waals surface area contributed by atoms with E-state index in [1.165, 1.54) is 25.3 Å². The Bertz CT molecular complexity index is 364. The van der Waals surface area contributed by atoms with Crippen LogP contribution in [0.25, 0.3) is 6.08 Å². The van der Waals surface area contributed by atoms with Gasteiger partial charge in [-0.25, -0.2) is 8.78 Å². The fourth-order valence-electron chi connectivity index (χ4n) is 1.22. The highest BCUT2D eigenvalue weighted by atomic mass is 19.1. The van der Waals surface area contributed by atoms with E-state index in [0.717, 1.165) is 0 Å². The van der Waals surface area contributed by atoms with Crippen LogP contribution in [0.15, 0.2) is 18.2 Å². The Labute approximate surface area is 87.4 Å². The van der Waals surface area contributed by atoms with Crippen LogP contribution in [-0.2, 0) is 11.3 Å². The van der Waals surface area contributed by atoms with E-state index in [1.807, 2.05) is 0 Å². The van der Waals surface area contributed by atoms with Gasteiger partial charge >= 0.3 is 0 Å². The largest absolute Gasteiger partial charge is 0.380 e. The van der Waals surface area contributed by atoms with Gasteiger partial charge in [0, 0.05) is 24.8 Å². The van der Waals surface area contributed by atoms with Gasteiger partial charge in [-0.15, -0.1) is 0 Å². The summed E-state index contributed by atoms with van der Waals surface area (Å²) in [5, 5.41) is 0. The molecule has 1 rings (SSSR count). The number of halogens is 2. The molecule has 4 heteroatoms. The quantitative estimate of drug-likeness (QED) is 0.831. The van der Waals surface area contributed by atoms with Crippen LogP contribution in [0.5, 0.6) is 0 Å². The lowest BCUT2D eigenvalue weighted by Crippen LogP contribution is -2.00. The van der Waals surface area contributed by atoms with Crippen molar-refractivity contribution in [2.24, 2.45) is 5.73 Å². The summed E-state index contributed by atoms with van der Waals surface area (Å²) in [6.45, 7) is 0.235. The van der Waals surface area contributed by atoms with Crippen molar-refractivity contribution < 1.29 is 13.5 Å². The molecular weight excluding hydrogens is 200 g/mol. The smallest absolute Gasteiger partial charge is 0.138 e. The van der Waals surface area contributed by atoms with E-state index in [4.69, 9.17) is 10.5 Å². The van der Waals surface area contributed by atoms with Gasteiger partial charge in [0.25, 0.3) is 0 Å². The number of rotatable bonds is 4. The van der Waals surface area contributed by atoms with Gasteiger partial charge in [-0.05, 0) is 12.1 Å². The van der Waals surface area contributed by atoms with E-state index in [0.29, 0.717) is 12.1 Å². The molecule has 0 amide bonds. The highest BCUT2D eigenvalue weighted by Crippen LogP contribution is 2.18. The number of hydrogen-bond acceptors (Lipinski definition) is 2. The van der Waals surface area contributed by atoms with Crippen molar-refractivity contribution in [3.63, 3.8) is 0 Å². The van der Waals surface area contributed by atoms with Gasteiger partial charge in [0.1, 0.15) is 11.6 Å². The zero-order chi connectivity index (χ0) is 11.3. The monoisotopic (exact) mass is 213 g/mol. The molecule has 1 aromatic carbocycles. The first-order valence-electron chi connectivity index (χ1n) is 4.53. The fourth-order valence-corrected chi connectivity index (χ4v) is 1.22. The summed E-state index contributed by atoms with van der Waals surface area (Å²) in [4.78, 5) is 0. The first-order valence-corrected chi connectivity index (χ1v) is 4.53. The van der Waals surface area contributed by atoms with Crippen LogP contribution < -0.4 is 5.73 Å². The summed E-state index contributed by atoms with van der Waals surface area (Å²) < 4.78 is 31.5. The van der Waals surface area contributed by atoms with Crippen LogP contribution >= 0.6 is 0 Å². The normalized spacial score (nSPS) is 11.2. The number of hydrogen-bond donors (Lipinski definition) is 1. The highest BCUT2D eigenvalue weighted by Gasteiger charge is 2.11. The SMILES string of the molecule is COCc1c(F)ccc(/C=C/CN)c1F. The molecule has 0 unspecified atom stereocenters. The summed E-state index contributed by atoms with van der Waals surface area (Å²) in [5.41, 5.74) is 5.50. The number of nitrogens with two attached hydrogens (primary N) is 1. The van der Waals surface area contributed by atoms with Crippen LogP contribution in [0.1, 0.15) is 11.1 Å². The summed E-state index contributed by atoms with van der Waals surface area (Å²) in [6.07, 6.45) is 3.13. The fraction of sp³-hybridized carbons (Fsp3) is 0.273. The standard InChI is InChI=1S/C11H13F2NO/c1-15-7-9-10(12)5-4-8(11(9)13)3-2-6-14/h2-5H,6-7,14H2,1H3/b3-2+. The predicted octanol–water partition coefficient (Wildman–Crippen LogP) is 2.08. The van der Waals surface area contributed by atoms with E-state index < -0.39 is 11.6 Å². The third kappa shape index (κ3) is 2.84. The molecule has 0 bridgehead atoms. The van der Waals surface area contributed by atoms with Crippen LogP contribution in [0.3, 0.4) is 0 Å². The Morgan fingerprint density at radius 1 is 1.40 bits per heavy atom. The van der Waals surface area contributed by atoms with Crippen LogP contribution in [-0.4, -0.2) is 13.7 Å². The molecule has 0 fully saturated rings. The molecule has 1 aromatic rings. The van der Waals surface area contributed by atoms with Gasteiger partial charge in [0.05, 0.1) is 6.61 Å². The number of methoxy groups -OCH3 is 1. The topological polar surface area (TPSA) is 35.2 Å². The highest BCUT2D eigenvalue weighted by molar-refractivity contribution is 5.51. The predicted molar refractivity (Wildman–Crippen MR) is 55.2 cm³/mol. The molecular formula is C11H13F2NO. The van der Waals surface area contributed by atoms with Crippen molar-refractivity contribution in [1.82, 2.24) is 0 Å². The molecule has 0 aliphatic rings.